The summed E-state index contributed by atoms with van der Waals surface area (Å²) < 4.78 is 39.7. The molecule has 2 aliphatic heterocycles. The summed E-state index contributed by atoms with van der Waals surface area (Å²) in [5, 5.41) is 11.4. The first-order chi connectivity index (χ1) is 14.4. The molecule has 1 amide bonds. The van der Waals surface area contributed by atoms with Crippen molar-refractivity contribution >= 4 is 17.6 Å². The number of aliphatic imine (C=N–C) groups is 1. The van der Waals surface area contributed by atoms with Crippen LogP contribution in [0.5, 0.6) is 0 Å². The van der Waals surface area contributed by atoms with Crippen LogP contribution in [0.2, 0.25) is 0 Å². The predicted molar refractivity (Wildman–Crippen MR) is 102 cm³/mol. The van der Waals surface area contributed by atoms with Crippen LogP contribution in [0.3, 0.4) is 0 Å². The zero-order valence-electron chi connectivity index (χ0n) is 15.7. The van der Waals surface area contributed by atoms with Crippen LogP contribution in [0.15, 0.2) is 41.5 Å². The number of alkyl halides is 1. The third-order valence-corrected chi connectivity index (χ3v) is 5.06. The second-order valence-corrected chi connectivity index (χ2v) is 7.26. The Kier molecular flexibility index (Phi) is 4.83. The molecule has 3 heterocycles. The van der Waals surface area contributed by atoms with E-state index in [1.165, 1.54) is 30.5 Å². The summed E-state index contributed by atoms with van der Waals surface area (Å²) >= 11 is 0. The van der Waals surface area contributed by atoms with Crippen LogP contribution in [0.25, 0.3) is 0 Å². The molecule has 1 spiro atoms. The van der Waals surface area contributed by atoms with E-state index in [1.807, 2.05) is 6.07 Å². The molecule has 0 saturated carbocycles. The molecule has 3 N–H and O–H groups in total. The first-order valence-electron chi connectivity index (χ1n) is 9.04. The summed E-state index contributed by atoms with van der Waals surface area (Å²) in [5.74, 6) is -1.25. The molecule has 30 heavy (non-hydrogen) atoms. The van der Waals surface area contributed by atoms with Crippen LogP contribution in [0, 0.1) is 17.1 Å². The molecular formula is C20H17F2N5O3. The molecule has 0 bridgehead atoms. The van der Waals surface area contributed by atoms with E-state index in [0.717, 1.165) is 6.07 Å². The molecule has 0 unspecified atom stereocenters. The van der Waals surface area contributed by atoms with E-state index in [1.54, 1.807) is 0 Å². The number of nitrogens with zero attached hydrogens (tertiary/aromatic N) is 3. The number of amides is 1. The minimum absolute atomic E-state index is 0.0443. The van der Waals surface area contributed by atoms with Crippen molar-refractivity contribution < 1.29 is 23.0 Å². The van der Waals surface area contributed by atoms with Crippen molar-refractivity contribution in [3.63, 3.8) is 0 Å². The predicted octanol–water partition coefficient (Wildman–Crippen LogP) is 2.01. The molecule has 1 aromatic heterocycles. The van der Waals surface area contributed by atoms with Crippen molar-refractivity contribution in [1.29, 1.82) is 5.26 Å². The number of anilines is 1. The highest BCUT2D eigenvalue weighted by molar-refractivity contribution is 6.02. The maximum absolute atomic E-state index is 14.7. The Bertz CT molecular complexity index is 1060. The average Bonchev–Trinajstić information content (AvgIpc) is 2.73. The molecular weight excluding hydrogens is 396 g/mol. The van der Waals surface area contributed by atoms with Gasteiger partial charge in [-0.25, -0.2) is 18.8 Å². The highest BCUT2D eigenvalue weighted by Gasteiger charge is 2.53. The van der Waals surface area contributed by atoms with Gasteiger partial charge in [-0.05, 0) is 30.3 Å². The number of ether oxygens (including phenoxy) is 2. The van der Waals surface area contributed by atoms with E-state index in [0.29, 0.717) is 5.56 Å². The summed E-state index contributed by atoms with van der Waals surface area (Å²) in [6.07, 6.45) is 1.31. The van der Waals surface area contributed by atoms with Gasteiger partial charge in [0, 0.05) is 23.9 Å². The molecule has 10 heteroatoms. The third kappa shape index (κ3) is 3.44. The average molecular weight is 413 g/mol. The van der Waals surface area contributed by atoms with Crippen LogP contribution in [0.1, 0.15) is 28.0 Å². The van der Waals surface area contributed by atoms with E-state index >= 15 is 0 Å². The van der Waals surface area contributed by atoms with Gasteiger partial charge in [0.05, 0.1) is 18.8 Å². The van der Waals surface area contributed by atoms with E-state index in [4.69, 9.17) is 20.5 Å². The smallest absolute Gasteiger partial charge is 0.283 e. The van der Waals surface area contributed by atoms with Gasteiger partial charge in [-0.1, -0.05) is 0 Å². The maximum Gasteiger partial charge on any atom is 0.283 e. The molecule has 0 radical (unpaired) electrons. The number of hydrogen-bond acceptors (Lipinski definition) is 7. The molecule has 1 aromatic carbocycles. The Hall–Kier alpha value is -3.58. The summed E-state index contributed by atoms with van der Waals surface area (Å²) in [6, 6.07) is 8.32. The molecule has 8 nitrogen and oxygen atoms in total. The van der Waals surface area contributed by atoms with Crippen LogP contribution >= 0.6 is 0 Å². The number of nitriles is 1. The number of carbonyl (C=O) groups excluding carboxylic acids is 1. The molecule has 1 atom stereocenters. The SMILES string of the molecule is N#Cc1ccc(C(=O)Nc2ccc(F)c([C@]3(CF)CC4(COC4)OC(N)=N3)c2)nc1. The summed E-state index contributed by atoms with van der Waals surface area (Å²) in [5.41, 5.74) is 3.88. The Balaban J connectivity index is 1.65. The number of nitrogens with one attached hydrogen (secondary N) is 1. The molecule has 1 saturated heterocycles. The van der Waals surface area contributed by atoms with Crippen LogP contribution in [0.4, 0.5) is 14.5 Å². The third-order valence-electron chi connectivity index (χ3n) is 5.06. The lowest BCUT2D eigenvalue weighted by molar-refractivity contribution is -0.189. The molecule has 4 rings (SSSR count). The molecule has 1 fully saturated rings. The van der Waals surface area contributed by atoms with E-state index in [2.05, 4.69) is 15.3 Å². The van der Waals surface area contributed by atoms with Gasteiger partial charge in [0.15, 0.2) is 5.60 Å². The van der Waals surface area contributed by atoms with E-state index < -0.39 is 29.5 Å². The topological polar surface area (TPSA) is 123 Å². The minimum atomic E-state index is -1.59. The molecule has 154 valence electrons. The van der Waals surface area contributed by atoms with E-state index in [-0.39, 0.29) is 42.6 Å². The fourth-order valence-electron chi connectivity index (χ4n) is 3.61. The van der Waals surface area contributed by atoms with Crippen molar-refractivity contribution in [3.8, 4) is 6.07 Å². The number of carbonyl (C=O) groups is 1. The number of halogens is 2. The van der Waals surface area contributed by atoms with Crippen LogP contribution in [-0.2, 0) is 15.0 Å². The first kappa shape index (κ1) is 19.7. The van der Waals surface area contributed by atoms with Gasteiger partial charge in [-0.3, -0.25) is 4.79 Å². The van der Waals surface area contributed by atoms with Crippen molar-refractivity contribution in [1.82, 2.24) is 4.98 Å². The molecule has 2 aromatic rings. The number of hydrogen-bond donors (Lipinski definition) is 2. The normalized spacial score (nSPS) is 21.7. The number of aromatic nitrogens is 1. The quantitative estimate of drug-likeness (QED) is 0.791. The minimum Gasteiger partial charge on any atom is -0.454 e. The van der Waals surface area contributed by atoms with Crippen molar-refractivity contribution in [2.75, 3.05) is 25.2 Å². The van der Waals surface area contributed by atoms with Gasteiger partial charge in [0.25, 0.3) is 11.9 Å². The Morgan fingerprint density at radius 1 is 1.33 bits per heavy atom. The van der Waals surface area contributed by atoms with Gasteiger partial charge in [0.2, 0.25) is 0 Å². The fourth-order valence-corrected chi connectivity index (χ4v) is 3.61. The number of amidine groups is 1. The van der Waals surface area contributed by atoms with Gasteiger partial charge < -0.3 is 20.5 Å². The Morgan fingerprint density at radius 2 is 2.13 bits per heavy atom. The Labute approximate surface area is 170 Å². The lowest BCUT2D eigenvalue weighted by atomic mass is 9.78. The fraction of sp³-hybridized carbons (Fsp3) is 0.300. The number of pyridine rings is 1. The highest BCUT2D eigenvalue weighted by atomic mass is 19.1. The molecule has 0 aliphatic carbocycles. The standard InChI is InChI=1S/C20H17F2N5O3/c21-9-20(8-19(10-29-11-19)30-18(24)27-20)14-5-13(2-3-15(14)22)26-17(28)16-4-1-12(6-23)7-25-16/h1-5,7H,8-11H2,(H2,24,27)(H,26,28)/t20-/m1/s1. The van der Waals surface area contributed by atoms with Gasteiger partial charge in [-0.15, -0.1) is 0 Å². The van der Waals surface area contributed by atoms with Crippen molar-refractivity contribution in [2.24, 2.45) is 10.7 Å². The molecule has 2 aliphatic rings. The zero-order chi connectivity index (χ0) is 21.4. The van der Waals surface area contributed by atoms with Gasteiger partial charge in [0.1, 0.15) is 29.8 Å². The Morgan fingerprint density at radius 3 is 2.73 bits per heavy atom. The maximum atomic E-state index is 14.7. The van der Waals surface area contributed by atoms with Crippen LogP contribution < -0.4 is 11.1 Å². The van der Waals surface area contributed by atoms with E-state index in [9.17, 15) is 13.6 Å². The number of rotatable bonds is 4. The summed E-state index contributed by atoms with van der Waals surface area (Å²) in [7, 11) is 0. The largest absolute Gasteiger partial charge is 0.454 e. The second kappa shape index (κ2) is 7.35. The van der Waals surface area contributed by atoms with Gasteiger partial charge >= 0.3 is 0 Å². The second-order valence-electron chi connectivity index (χ2n) is 7.26. The zero-order valence-corrected chi connectivity index (χ0v) is 15.7. The monoisotopic (exact) mass is 413 g/mol. The first-order valence-corrected chi connectivity index (χ1v) is 9.04. The van der Waals surface area contributed by atoms with Crippen molar-refractivity contribution in [2.45, 2.75) is 17.6 Å². The lowest BCUT2D eigenvalue weighted by Crippen LogP contribution is -2.60. The van der Waals surface area contributed by atoms with Gasteiger partial charge in [-0.2, -0.15) is 5.26 Å². The lowest BCUT2D eigenvalue weighted by Gasteiger charge is -2.48. The summed E-state index contributed by atoms with van der Waals surface area (Å²) in [4.78, 5) is 20.4. The van der Waals surface area contributed by atoms with Crippen molar-refractivity contribution in [3.05, 3.63) is 59.2 Å². The van der Waals surface area contributed by atoms with Crippen LogP contribution in [-0.4, -0.2) is 42.4 Å². The number of benzene rings is 1. The summed E-state index contributed by atoms with van der Waals surface area (Å²) in [6.45, 7) is -0.606. The number of nitrogens with two attached hydrogens (primary N) is 1. The highest BCUT2D eigenvalue weighted by Crippen LogP contribution is 2.44.